The molecule has 2 heterocycles. The first kappa shape index (κ1) is 18.4. The molecule has 1 N–H and O–H groups in total. The molecular formula is C19H26N4O3. The quantitative estimate of drug-likeness (QED) is 0.854. The first-order valence-electron chi connectivity index (χ1n) is 8.86. The zero-order chi connectivity index (χ0) is 18.5. The van der Waals surface area contributed by atoms with Crippen LogP contribution in [0.4, 0.5) is 11.4 Å². The molecule has 1 aromatic heterocycles. The van der Waals surface area contributed by atoms with Gasteiger partial charge in [-0.3, -0.25) is 9.69 Å². The zero-order valence-electron chi connectivity index (χ0n) is 15.6. The van der Waals surface area contributed by atoms with Gasteiger partial charge in [-0.15, -0.1) is 0 Å². The summed E-state index contributed by atoms with van der Waals surface area (Å²) >= 11 is 0. The maximum atomic E-state index is 12.3. The van der Waals surface area contributed by atoms with Crippen LogP contribution in [-0.2, 0) is 16.1 Å². The maximum Gasteiger partial charge on any atom is 0.238 e. The highest BCUT2D eigenvalue weighted by atomic mass is 16.5. The Labute approximate surface area is 153 Å². The molecule has 0 aliphatic carbocycles. The monoisotopic (exact) mass is 358 g/mol. The molecule has 7 nitrogen and oxygen atoms in total. The molecule has 0 saturated carbocycles. The molecular weight excluding hydrogens is 332 g/mol. The standard InChI is InChI=1S/C19H26N4O3/c1-14-18(15(2)26-21-14)12-22(3)13-19(24)20-16-4-6-17(7-5-16)23-8-10-25-11-9-23/h4-7H,8-13H2,1-3H3,(H,20,24). The minimum Gasteiger partial charge on any atom is -0.378 e. The zero-order valence-corrected chi connectivity index (χ0v) is 15.6. The molecule has 1 aliphatic heterocycles. The summed E-state index contributed by atoms with van der Waals surface area (Å²) in [5.41, 5.74) is 3.86. The Balaban J connectivity index is 1.51. The van der Waals surface area contributed by atoms with Crippen molar-refractivity contribution in [3.63, 3.8) is 0 Å². The number of aromatic nitrogens is 1. The van der Waals surface area contributed by atoms with Gasteiger partial charge in [0.1, 0.15) is 5.76 Å². The number of ether oxygens (including phenoxy) is 1. The third kappa shape index (κ3) is 4.62. The number of rotatable bonds is 6. The molecule has 0 bridgehead atoms. The topological polar surface area (TPSA) is 70.8 Å². The number of morpholine rings is 1. The molecule has 140 valence electrons. The number of nitrogens with zero attached hydrogens (tertiary/aromatic N) is 3. The third-order valence-corrected chi connectivity index (χ3v) is 4.55. The van der Waals surface area contributed by atoms with E-state index in [-0.39, 0.29) is 5.91 Å². The second-order valence-corrected chi connectivity index (χ2v) is 6.67. The number of amides is 1. The van der Waals surface area contributed by atoms with E-state index in [9.17, 15) is 4.79 Å². The van der Waals surface area contributed by atoms with Crippen LogP contribution in [0, 0.1) is 13.8 Å². The minimum absolute atomic E-state index is 0.0432. The van der Waals surface area contributed by atoms with E-state index in [1.54, 1.807) is 0 Å². The van der Waals surface area contributed by atoms with Crippen LogP contribution in [0.25, 0.3) is 0 Å². The number of anilines is 2. The number of hydrogen-bond donors (Lipinski definition) is 1. The van der Waals surface area contributed by atoms with Crippen molar-refractivity contribution in [3.8, 4) is 0 Å². The fourth-order valence-corrected chi connectivity index (χ4v) is 3.08. The molecule has 2 aromatic rings. The van der Waals surface area contributed by atoms with Crippen molar-refractivity contribution < 1.29 is 14.1 Å². The van der Waals surface area contributed by atoms with Gasteiger partial charge in [-0.05, 0) is 45.2 Å². The highest BCUT2D eigenvalue weighted by Crippen LogP contribution is 2.19. The van der Waals surface area contributed by atoms with Crippen molar-refractivity contribution in [2.24, 2.45) is 0 Å². The first-order chi connectivity index (χ1) is 12.5. The molecule has 1 amide bonds. The van der Waals surface area contributed by atoms with Crippen LogP contribution in [0.5, 0.6) is 0 Å². The summed E-state index contributed by atoms with van der Waals surface area (Å²) in [5.74, 6) is 0.756. The van der Waals surface area contributed by atoms with Gasteiger partial charge in [0, 0.05) is 36.6 Å². The Morgan fingerprint density at radius 1 is 1.23 bits per heavy atom. The predicted octanol–water partition coefficient (Wildman–Crippen LogP) is 2.20. The van der Waals surface area contributed by atoms with E-state index >= 15 is 0 Å². The van der Waals surface area contributed by atoms with Crippen LogP contribution >= 0.6 is 0 Å². The molecule has 7 heteroatoms. The second kappa shape index (κ2) is 8.33. The number of nitrogens with one attached hydrogen (secondary N) is 1. The highest BCUT2D eigenvalue weighted by Gasteiger charge is 2.14. The number of aryl methyl sites for hydroxylation is 2. The summed E-state index contributed by atoms with van der Waals surface area (Å²) in [7, 11) is 1.91. The van der Waals surface area contributed by atoms with Crippen LogP contribution in [0.15, 0.2) is 28.8 Å². The average molecular weight is 358 g/mol. The van der Waals surface area contributed by atoms with Crippen molar-refractivity contribution in [2.75, 3.05) is 50.1 Å². The normalized spacial score (nSPS) is 14.7. The van der Waals surface area contributed by atoms with Gasteiger partial charge in [0.2, 0.25) is 5.91 Å². The molecule has 0 spiro atoms. The van der Waals surface area contributed by atoms with Crippen LogP contribution in [-0.4, -0.2) is 55.9 Å². The second-order valence-electron chi connectivity index (χ2n) is 6.67. The van der Waals surface area contributed by atoms with Gasteiger partial charge in [0.05, 0.1) is 25.5 Å². The lowest BCUT2D eigenvalue weighted by Gasteiger charge is -2.28. The molecule has 1 aliphatic rings. The smallest absolute Gasteiger partial charge is 0.238 e. The average Bonchev–Trinajstić information content (AvgIpc) is 2.95. The van der Waals surface area contributed by atoms with Crippen LogP contribution < -0.4 is 10.2 Å². The SMILES string of the molecule is Cc1noc(C)c1CN(C)CC(=O)Nc1ccc(N2CCOCC2)cc1. The summed E-state index contributed by atoms with van der Waals surface area (Å²) in [5, 5.41) is 6.90. The van der Waals surface area contributed by atoms with Crippen molar-refractivity contribution >= 4 is 17.3 Å². The van der Waals surface area contributed by atoms with Crippen LogP contribution in [0.1, 0.15) is 17.0 Å². The van der Waals surface area contributed by atoms with Crippen LogP contribution in [0.3, 0.4) is 0 Å². The lowest BCUT2D eigenvalue weighted by atomic mass is 10.2. The lowest BCUT2D eigenvalue weighted by Crippen LogP contribution is -2.36. The predicted molar refractivity (Wildman–Crippen MR) is 100 cm³/mol. The van der Waals surface area contributed by atoms with E-state index in [2.05, 4.69) is 15.4 Å². The summed E-state index contributed by atoms with van der Waals surface area (Å²) in [6.45, 7) is 8.05. The molecule has 3 rings (SSSR count). The first-order valence-corrected chi connectivity index (χ1v) is 8.86. The molecule has 0 atom stereocenters. The number of carbonyl (C=O) groups excluding carboxylic acids is 1. The van der Waals surface area contributed by atoms with Crippen molar-refractivity contribution in [3.05, 3.63) is 41.3 Å². The van der Waals surface area contributed by atoms with E-state index in [0.717, 1.165) is 54.7 Å². The number of benzene rings is 1. The molecule has 26 heavy (non-hydrogen) atoms. The number of carbonyl (C=O) groups is 1. The van der Waals surface area contributed by atoms with Crippen molar-refractivity contribution in [2.45, 2.75) is 20.4 Å². The van der Waals surface area contributed by atoms with Crippen LogP contribution in [0.2, 0.25) is 0 Å². The van der Waals surface area contributed by atoms with Crippen molar-refractivity contribution in [1.82, 2.24) is 10.1 Å². The number of hydrogen-bond acceptors (Lipinski definition) is 6. The fourth-order valence-electron chi connectivity index (χ4n) is 3.08. The van der Waals surface area contributed by atoms with E-state index in [1.807, 2.05) is 50.1 Å². The highest BCUT2D eigenvalue weighted by molar-refractivity contribution is 5.92. The van der Waals surface area contributed by atoms with Gasteiger partial charge < -0.3 is 19.5 Å². The minimum atomic E-state index is -0.0432. The Bertz CT molecular complexity index is 716. The van der Waals surface area contributed by atoms with Crippen molar-refractivity contribution in [1.29, 1.82) is 0 Å². The molecule has 0 radical (unpaired) electrons. The van der Waals surface area contributed by atoms with Gasteiger partial charge in [0.25, 0.3) is 0 Å². The summed E-state index contributed by atoms with van der Waals surface area (Å²) < 4.78 is 10.5. The third-order valence-electron chi connectivity index (χ3n) is 4.55. The van der Waals surface area contributed by atoms with E-state index in [4.69, 9.17) is 9.26 Å². The van der Waals surface area contributed by atoms with E-state index < -0.39 is 0 Å². The Hall–Kier alpha value is -2.38. The van der Waals surface area contributed by atoms with Gasteiger partial charge in [-0.1, -0.05) is 5.16 Å². The van der Waals surface area contributed by atoms with E-state index in [0.29, 0.717) is 13.1 Å². The fraction of sp³-hybridized carbons (Fsp3) is 0.474. The summed E-state index contributed by atoms with van der Waals surface area (Å²) in [6, 6.07) is 7.96. The maximum absolute atomic E-state index is 12.3. The Morgan fingerprint density at radius 2 is 1.92 bits per heavy atom. The molecule has 0 unspecified atom stereocenters. The Kier molecular flexibility index (Phi) is 5.90. The van der Waals surface area contributed by atoms with Gasteiger partial charge in [0.15, 0.2) is 0 Å². The van der Waals surface area contributed by atoms with Gasteiger partial charge in [-0.2, -0.15) is 0 Å². The van der Waals surface area contributed by atoms with E-state index in [1.165, 1.54) is 0 Å². The molecule has 1 saturated heterocycles. The van der Waals surface area contributed by atoms with Gasteiger partial charge in [-0.25, -0.2) is 0 Å². The molecule has 1 fully saturated rings. The summed E-state index contributed by atoms with van der Waals surface area (Å²) in [4.78, 5) is 16.5. The van der Waals surface area contributed by atoms with Gasteiger partial charge >= 0.3 is 0 Å². The largest absolute Gasteiger partial charge is 0.378 e. The summed E-state index contributed by atoms with van der Waals surface area (Å²) in [6.07, 6.45) is 0. The lowest BCUT2D eigenvalue weighted by molar-refractivity contribution is -0.117. The number of likely N-dealkylation sites (N-methyl/N-ethyl adjacent to an activating group) is 1. The Morgan fingerprint density at radius 3 is 2.54 bits per heavy atom. The molecule has 1 aromatic carbocycles.